The maximum Gasteiger partial charge on any atom is 0.122 e. The Labute approximate surface area is 115 Å². The molecule has 0 aromatic heterocycles. The first-order valence-electron chi connectivity index (χ1n) is 6.84. The molecule has 0 aliphatic heterocycles. The second kappa shape index (κ2) is 4.41. The summed E-state index contributed by atoms with van der Waals surface area (Å²) in [5, 5.41) is 0. The summed E-state index contributed by atoms with van der Waals surface area (Å²) >= 11 is 0. The molecule has 0 heterocycles. The van der Waals surface area contributed by atoms with Crippen LogP contribution < -0.4 is 4.74 Å². The highest BCUT2D eigenvalue weighted by molar-refractivity contribution is 5.52. The third kappa shape index (κ3) is 2.03. The van der Waals surface area contributed by atoms with Crippen LogP contribution >= 0.6 is 0 Å². The molecular formula is C18H20O. The van der Waals surface area contributed by atoms with Gasteiger partial charge in [-0.15, -0.1) is 0 Å². The fourth-order valence-electron chi connectivity index (χ4n) is 3.01. The molecule has 0 saturated heterocycles. The summed E-state index contributed by atoms with van der Waals surface area (Å²) in [5.41, 5.74) is 9.84. The number of benzene rings is 2. The van der Waals surface area contributed by atoms with Crippen LogP contribution in [0.1, 0.15) is 38.9 Å². The molecule has 0 amide bonds. The van der Waals surface area contributed by atoms with E-state index in [1.54, 1.807) is 7.11 Å². The monoisotopic (exact) mass is 252 g/mol. The lowest BCUT2D eigenvalue weighted by molar-refractivity contribution is 0.411. The number of rotatable bonds is 1. The Morgan fingerprint density at radius 1 is 0.684 bits per heavy atom. The van der Waals surface area contributed by atoms with Gasteiger partial charge in [-0.25, -0.2) is 0 Å². The van der Waals surface area contributed by atoms with Crippen LogP contribution in [0.25, 0.3) is 0 Å². The Hall–Kier alpha value is -1.76. The van der Waals surface area contributed by atoms with Crippen LogP contribution in [0.4, 0.5) is 0 Å². The van der Waals surface area contributed by atoms with Gasteiger partial charge in [-0.3, -0.25) is 0 Å². The first-order chi connectivity index (χ1) is 9.08. The number of ether oxygens (including phenoxy) is 1. The number of hydrogen-bond acceptors (Lipinski definition) is 1. The number of hydrogen-bond donors (Lipinski definition) is 0. The predicted octanol–water partition coefficient (Wildman–Crippen LogP) is 4.12. The minimum absolute atomic E-state index is 1.01. The first kappa shape index (κ1) is 12.3. The molecular weight excluding hydrogens is 232 g/mol. The lowest BCUT2D eigenvalue weighted by atomic mass is 9.83. The average Bonchev–Trinajstić information content (AvgIpc) is 2.38. The molecule has 0 saturated carbocycles. The zero-order valence-electron chi connectivity index (χ0n) is 12.1. The standard InChI is InChI=1S/C18H20O/c1-11-5-14-8-16-7-13(3)18(19-4)10-17(16)9-15(14)6-12(11)2/h5-7,10H,8-9H2,1-4H3. The Morgan fingerprint density at radius 3 is 1.58 bits per heavy atom. The van der Waals surface area contributed by atoms with Gasteiger partial charge < -0.3 is 4.74 Å². The van der Waals surface area contributed by atoms with Crippen LogP contribution in [-0.4, -0.2) is 7.11 Å². The summed E-state index contributed by atoms with van der Waals surface area (Å²) in [6, 6.07) is 9.20. The molecule has 1 heteroatoms. The van der Waals surface area contributed by atoms with Crippen LogP contribution in [0.15, 0.2) is 24.3 Å². The van der Waals surface area contributed by atoms with Gasteiger partial charge in [0.05, 0.1) is 7.11 Å². The largest absolute Gasteiger partial charge is 0.496 e. The van der Waals surface area contributed by atoms with Crippen molar-refractivity contribution in [2.75, 3.05) is 7.11 Å². The molecule has 1 aliphatic carbocycles. The van der Waals surface area contributed by atoms with Crippen molar-refractivity contribution in [3.63, 3.8) is 0 Å². The lowest BCUT2D eigenvalue weighted by Gasteiger charge is -2.22. The van der Waals surface area contributed by atoms with Crippen LogP contribution in [0, 0.1) is 20.8 Å². The Bertz CT molecular complexity index is 653. The maximum absolute atomic E-state index is 5.44. The minimum Gasteiger partial charge on any atom is -0.496 e. The summed E-state index contributed by atoms with van der Waals surface area (Å²) in [6.45, 7) is 6.51. The van der Waals surface area contributed by atoms with Crippen LogP contribution in [0.2, 0.25) is 0 Å². The second-order valence-corrected chi connectivity index (χ2v) is 5.65. The second-order valence-electron chi connectivity index (χ2n) is 5.65. The molecule has 2 aromatic rings. The van der Waals surface area contributed by atoms with Crippen LogP contribution in [-0.2, 0) is 12.8 Å². The van der Waals surface area contributed by atoms with Crippen LogP contribution in [0.3, 0.4) is 0 Å². The van der Waals surface area contributed by atoms with Crippen molar-refractivity contribution in [1.82, 2.24) is 0 Å². The van der Waals surface area contributed by atoms with E-state index < -0.39 is 0 Å². The van der Waals surface area contributed by atoms with Crippen molar-refractivity contribution < 1.29 is 4.74 Å². The van der Waals surface area contributed by atoms with Gasteiger partial charge in [0, 0.05) is 0 Å². The van der Waals surface area contributed by atoms with Gasteiger partial charge in [-0.1, -0.05) is 18.2 Å². The number of methoxy groups -OCH3 is 1. The zero-order valence-corrected chi connectivity index (χ0v) is 12.1. The predicted molar refractivity (Wildman–Crippen MR) is 79.3 cm³/mol. The molecule has 0 unspecified atom stereocenters. The third-order valence-electron chi connectivity index (χ3n) is 4.29. The van der Waals surface area contributed by atoms with Gasteiger partial charge in [0.15, 0.2) is 0 Å². The maximum atomic E-state index is 5.44. The zero-order chi connectivity index (χ0) is 13.6. The van der Waals surface area contributed by atoms with E-state index in [0.29, 0.717) is 0 Å². The van der Waals surface area contributed by atoms with Gasteiger partial charge >= 0.3 is 0 Å². The van der Waals surface area contributed by atoms with Crippen molar-refractivity contribution in [3.05, 3.63) is 63.2 Å². The Balaban J connectivity index is 2.09. The number of aryl methyl sites for hydroxylation is 3. The molecule has 0 radical (unpaired) electrons. The molecule has 0 N–H and O–H groups in total. The van der Waals surface area contributed by atoms with E-state index in [1.165, 1.54) is 38.9 Å². The highest BCUT2D eigenvalue weighted by Gasteiger charge is 2.17. The fraction of sp³-hybridized carbons (Fsp3) is 0.333. The van der Waals surface area contributed by atoms with Crippen molar-refractivity contribution >= 4 is 0 Å². The average molecular weight is 252 g/mol. The molecule has 1 nitrogen and oxygen atoms in total. The van der Waals surface area contributed by atoms with Gasteiger partial charge in [0.1, 0.15) is 5.75 Å². The van der Waals surface area contributed by atoms with Gasteiger partial charge in [-0.2, -0.15) is 0 Å². The SMILES string of the molecule is COc1cc2c(cc1C)Cc1cc(C)c(C)cc1C2. The molecule has 1 aliphatic rings. The number of fused-ring (bicyclic) bond motifs is 2. The van der Waals surface area contributed by atoms with E-state index in [0.717, 1.165) is 18.6 Å². The highest BCUT2D eigenvalue weighted by Crippen LogP contribution is 2.33. The molecule has 0 bridgehead atoms. The van der Waals surface area contributed by atoms with Crippen molar-refractivity contribution in [3.8, 4) is 5.75 Å². The molecule has 2 aromatic carbocycles. The normalized spacial score (nSPS) is 12.8. The van der Waals surface area contributed by atoms with E-state index >= 15 is 0 Å². The van der Waals surface area contributed by atoms with Crippen LogP contribution in [0.5, 0.6) is 5.75 Å². The Morgan fingerprint density at radius 2 is 1.11 bits per heavy atom. The summed E-state index contributed by atoms with van der Waals surface area (Å²) in [5.74, 6) is 1.01. The first-order valence-corrected chi connectivity index (χ1v) is 6.84. The molecule has 98 valence electrons. The van der Waals surface area contributed by atoms with E-state index in [-0.39, 0.29) is 0 Å². The highest BCUT2D eigenvalue weighted by atomic mass is 16.5. The summed E-state index contributed by atoms with van der Waals surface area (Å²) in [4.78, 5) is 0. The summed E-state index contributed by atoms with van der Waals surface area (Å²) in [7, 11) is 1.75. The van der Waals surface area contributed by atoms with Crippen molar-refractivity contribution in [2.24, 2.45) is 0 Å². The van der Waals surface area contributed by atoms with Crippen molar-refractivity contribution in [1.29, 1.82) is 0 Å². The van der Waals surface area contributed by atoms with E-state index in [4.69, 9.17) is 4.74 Å². The molecule has 0 spiro atoms. The van der Waals surface area contributed by atoms with Gasteiger partial charge in [0.2, 0.25) is 0 Å². The molecule has 0 atom stereocenters. The van der Waals surface area contributed by atoms with Gasteiger partial charge in [-0.05, 0) is 78.6 Å². The lowest BCUT2D eigenvalue weighted by Crippen LogP contribution is -2.09. The van der Waals surface area contributed by atoms with E-state index in [9.17, 15) is 0 Å². The smallest absolute Gasteiger partial charge is 0.122 e. The minimum atomic E-state index is 1.01. The van der Waals surface area contributed by atoms with Crippen molar-refractivity contribution in [2.45, 2.75) is 33.6 Å². The Kier molecular flexibility index (Phi) is 2.85. The van der Waals surface area contributed by atoms with E-state index in [2.05, 4.69) is 45.0 Å². The molecule has 3 rings (SSSR count). The fourth-order valence-corrected chi connectivity index (χ4v) is 3.01. The van der Waals surface area contributed by atoms with Gasteiger partial charge in [0.25, 0.3) is 0 Å². The summed E-state index contributed by atoms with van der Waals surface area (Å²) < 4.78 is 5.44. The molecule has 0 fully saturated rings. The third-order valence-corrected chi connectivity index (χ3v) is 4.29. The quantitative estimate of drug-likeness (QED) is 0.633. The summed E-state index contributed by atoms with van der Waals surface area (Å²) in [6.07, 6.45) is 2.08. The van der Waals surface area contributed by atoms with E-state index in [1.807, 2.05) is 0 Å². The molecule has 19 heavy (non-hydrogen) atoms. The topological polar surface area (TPSA) is 9.23 Å².